The molecule has 0 atom stereocenters. The third-order valence-corrected chi connectivity index (χ3v) is 6.73. The van der Waals surface area contributed by atoms with Crippen LogP contribution in [-0.2, 0) is 24.9 Å². The Labute approximate surface area is 230 Å². The molecule has 0 saturated heterocycles. The van der Waals surface area contributed by atoms with Crippen LogP contribution >= 0.6 is 22.9 Å². The summed E-state index contributed by atoms with van der Waals surface area (Å²) in [4.78, 5) is 50.0. The van der Waals surface area contributed by atoms with Crippen LogP contribution in [0.4, 0.5) is 29.9 Å². The summed E-state index contributed by atoms with van der Waals surface area (Å²) < 4.78 is 45.1. The van der Waals surface area contributed by atoms with Gasteiger partial charge >= 0.3 is 11.4 Å². The van der Waals surface area contributed by atoms with Gasteiger partial charge < -0.3 is 10.6 Å². The number of amides is 1. The smallest absolute Gasteiger partial charge is 0.324 e. The van der Waals surface area contributed by atoms with Gasteiger partial charge in [0.2, 0.25) is 11.9 Å². The molecule has 0 aliphatic carbocycles. The molecule has 0 aliphatic rings. The molecular formula is C23H17ClF3N9O3S. The first-order valence-corrected chi connectivity index (χ1v) is 12.5. The van der Waals surface area contributed by atoms with Crippen molar-refractivity contribution in [3.8, 4) is 0 Å². The Bertz CT molecular complexity index is 1890. The predicted octanol–water partition coefficient (Wildman–Crippen LogP) is 3.01. The molecule has 0 bridgehead atoms. The third kappa shape index (κ3) is 5.43. The van der Waals surface area contributed by atoms with Crippen molar-refractivity contribution in [2.45, 2.75) is 20.0 Å². The second kappa shape index (κ2) is 10.5. The molecule has 2 N–H and O–H groups in total. The van der Waals surface area contributed by atoms with Crippen LogP contribution in [-0.4, -0.2) is 39.8 Å². The lowest BCUT2D eigenvalue weighted by molar-refractivity contribution is -0.114. The molecule has 2 aromatic carbocycles. The van der Waals surface area contributed by atoms with Crippen molar-refractivity contribution in [2.24, 2.45) is 7.05 Å². The van der Waals surface area contributed by atoms with E-state index >= 15 is 0 Å². The molecule has 0 radical (unpaired) electrons. The van der Waals surface area contributed by atoms with Crippen molar-refractivity contribution in [2.75, 3.05) is 10.6 Å². The van der Waals surface area contributed by atoms with Gasteiger partial charge in [-0.15, -0.1) is 0 Å². The first-order chi connectivity index (χ1) is 19.0. The molecule has 5 aromatic rings. The average Bonchev–Trinajstić information content (AvgIpc) is 3.46. The lowest BCUT2D eigenvalue weighted by Gasteiger charge is -2.16. The van der Waals surface area contributed by atoms with Crippen LogP contribution < -0.4 is 22.0 Å². The van der Waals surface area contributed by atoms with Gasteiger partial charge in [0.15, 0.2) is 28.4 Å². The number of hydrogen-bond donors (Lipinski definition) is 2. The van der Waals surface area contributed by atoms with E-state index in [4.69, 9.17) is 11.6 Å². The van der Waals surface area contributed by atoms with Crippen LogP contribution in [0.2, 0.25) is 5.02 Å². The Balaban J connectivity index is 1.61. The number of aryl methyl sites for hydroxylation is 1. The minimum Gasteiger partial charge on any atom is -0.324 e. The summed E-state index contributed by atoms with van der Waals surface area (Å²) in [6, 6.07) is 4.52. The van der Waals surface area contributed by atoms with Crippen LogP contribution in [0.25, 0.3) is 10.2 Å². The van der Waals surface area contributed by atoms with Crippen LogP contribution in [0.15, 0.2) is 40.2 Å². The van der Waals surface area contributed by atoms with Crippen molar-refractivity contribution < 1.29 is 18.0 Å². The molecule has 12 nitrogen and oxygen atoms in total. The van der Waals surface area contributed by atoms with Crippen molar-refractivity contribution in [3.05, 3.63) is 85.4 Å². The van der Waals surface area contributed by atoms with Gasteiger partial charge in [0.25, 0.3) is 0 Å². The zero-order chi connectivity index (χ0) is 28.7. The Morgan fingerprint density at radius 3 is 2.42 bits per heavy atom. The fraction of sp³-hybridized carbons (Fsp3) is 0.174. The number of fused-ring (bicyclic) bond motifs is 1. The highest BCUT2D eigenvalue weighted by molar-refractivity contribution is 7.22. The van der Waals surface area contributed by atoms with Crippen molar-refractivity contribution >= 4 is 55.8 Å². The SMILES string of the molecule is CC(=O)Nc1nc2cc(Cl)c(Nc3nc(=O)n(Cc4ncn(C)n4)c(=O)n3Cc3cc(F)c(F)c(F)c3)cc2s1. The molecule has 206 valence electrons. The van der Waals surface area contributed by atoms with E-state index < -0.39 is 35.4 Å². The zero-order valence-corrected chi connectivity index (χ0v) is 22.1. The molecule has 40 heavy (non-hydrogen) atoms. The average molecular weight is 592 g/mol. The van der Waals surface area contributed by atoms with Gasteiger partial charge in [0.1, 0.15) is 6.33 Å². The number of carbonyl (C=O) groups excluding carboxylic acids is 1. The van der Waals surface area contributed by atoms with Gasteiger partial charge in [0, 0.05) is 14.0 Å². The molecule has 5 rings (SSSR count). The van der Waals surface area contributed by atoms with Gasteiger partial charge in [-0.1, -0.05) is 22.9 Å². The quantitative estimate of drug-likeness (QED) is 0.275. The maximum absolute atomic E-state index is 14.0. The molecule has 17 heteroatoms. The first kappa shape index (κ1) is 27.0. The number of nitrogens with one attached hydrogen (secondary N) is 2. The van der Waals surface area contributed by atoms with Gasteiger partial charge in [-0.25, -0.2) is 37.3 Å². The molecule has 1 amide bonds. The summed E-state index contributed by atoms with van der Waals surface area (Å²) in [6.45, 7) is 0.505. The maximum atomic E-state index is 14.0. The second-order valence-corrected chi connectivity index (χ2v) is 9.94. The summed E-state index contributed by atoms with van der Waals surface area (Å²) in [5.41, 5.74) is -1.30. The molecule has 3 aromatic heterocycles. The minimum absolute atomic E-state index is 0.117. The molecule has 3 heterocycles. The predicted molar refractivity (Wildman–Crippen MR) is 140 cm³/mol. The lowest BCUT2D eigenvalue weighted by Crippen LogP contribution is -2.43. The second-order valence-electron chi connectivity index (χ2n) is 8.51. The Hall–Kier alpha value is -4.57. The van der Waals surface area contributed by atoms with Crippen LogP contribution in [0.5, 0.6) is 0 Å². The lowest BCUT2D eigenvalue weighted by atomic mass is 10.2. The highest BCUT2D eigenvalue weighted by Crippen LogP contribution is 2.34. The molecule has 0 unspecified atom stereocenters. The Morgan fingerprint density at radius 2 is 1.77 bits per heavy atom. The number of benzene rings is 2. The van der Waals surface area contributed by atoms with Crippen molar-refractivity contribution in [3.63, 3.8) is 0 Å². The number of carbonyl (C=O) groups is 1. The van der Waals surface area contributed by atoms with Gasteiger partial charge in [-0.3, -0.25) is 14.0 Å². The number of halogens is 4. The summed E-state index contributed by atoms with van der Waals surface area (Å²) in [6.07, 6.45) is 1.38. The Morgan fingerprint density at radius 1 is 1.05 bits per heavy atom. The van der Waals surface area contributed by atoms with Crippen LogP contribution in [0, 0.1) is 17.5 Å². The van der Waals surface area contributed by atoms with E-state index in [0.717, 1.165) is 32.6 Å². The van der Waals surface area contributed by atoms with Gasteiger partial charge in [0.05, 0.1) is 34.0 Å². The normalized spacial score (nSPS) is 11.2. The number of hydrogen-bond acceptors (Lipinski definition) is 9. The molecular weight excluding hydrogens is 575 g/mol. The number of aromatic nitrogens is 7. The summed E-state index contributed by atoms with van der Waals surface area (Å²) in [7, 11) is 1.60. The van der Waals surface area contributed by atoms with Crippen molar-refractivity contribution in [1.29, 1.82) is 0 Å². The minimum atomic E-state index is -1.66. The Kier molecular flexibility index (Phi) is 7.12. The molecule has 0 aliphatic heterocycles. The number of nitrogens with zero attached hydrogens (tertiary/aromatic N) is 7. The highest BCUT2D eigenvalue weighted by Gasteiger charge is 2.19. The van der Waals surface area contributed by atoms with E-state index in [2.05, 4.69) is 30.7 Å². The number of thiazole rings is 1. The maximum Gasteiger partial charge on any atom is 0.355 e. The van der Waals surface area contributed by atoms with E-state index in [-0.39, 0.29) is 40.5 Å². The number of anilines is 3. The number of rotatable bonds is 7. The topological polar surface area (TPSA) is 142 Å². The third-order valence-electron chi connectivity index (χ3n) is 5.49. The van der Waals surface area contributed by atoms with E-state index in [9.17, 15) is 27.6 Å². The van der Waals surface area contributed by atoms with E-state index in [1.165, 1.54) is 24.0 Å². The first-order valence-electron chi connectivity index (χ1n) is 11.3. The largest absolute Gasteiger partial charge is 0.355 e. The van der Waals surface area contributed by atoms with Crippen molar-refractivity contribution in [1.82, 2.24) is 33.9 Å². The summed E-state index contributed by atoms with van der Waals surface area (Å²) in [5.74, 6) is -5.05. The summed E-state index contributed by atoms with van der Waals surface area (Å²) in [5, 5.41) is 9.91. The molecule has 0 saturated carbocycles. The van der Waals surface area contributed by atoms with Gasteiger partial charge in [-0.2, -0.15) is 10.1 Å². The van der Waals surface area contributed by atoms with Gasteiger partial charge in [-0.05, 0) is 29.8 Å². The zero-order valence-electron chi connectivity index (χ0n) is 20.6. The van der Waals surface area contributed by atoms with E-state index in [1.807, 2.05) is 0 Å². The van der Waals surface area contributed by atoms with Crippen LogP contribution in [0.1, 0.15) is 18.3 Å². The highest BCUT2D eigenvalue weighted by atomic mass is 35.5. The standard InChI is InChI=1S/C23H17ClF3N9O3S/c1-10(37)29-21-31-16-5-12(24)15(6-17(16)40-21)30-20-32-22(38)36(8-18-28-9-34(2)33-18)23(39)35(20)7-11-3-13(25)19(27)14(26)4-11/h3-6,9H,7-8H2,1-2H3,(H,29,31,37)(H,30,32,38). The fourth-order valence-electron chi connectivity index (χ4n) is 3.75. The fourth-order valence-corrected chi connectivity index (χ4v) is 4.89. The van der Waals surface area contributed by atoms with E-state index in [0.29, 0.717) is 15.3 Å². The summed E-state index contributed by atoms with van der Waals surface area (Å²) >= 11 is 7.57. The monoisotopic (exact) mass is 591 g/mol. The molecule has 0 spiro atoms. The van der Waals surface area contributed by atoms with Crippen LogP contribution in [0.3, 0.4) is 0 Å². The molecule has 0 fully saturated rings. The van der Waals surface area contributed by atoms with E-state index in [1.54, 1.807) is 13.1 Å².